The second-order valence-electron chi connectivity index (χ2n) is 7.04. The lowest BCUT2D eigenvalue weighted by Crippen LogP contribution is -2.47. The zero-order valence-corrected chi connectivity index (χ0v) is 20.0. The Morgan fingerprint density at radius 3 is 2.23 bits per heavy atom. The molecule has 1 unspecified atom stereocenters. The first-order valence-electron chi connectivity index (χ1n) is 9.79. The maximum atomic E-state index is 12.7. The molecule has 170 valence electrons. The highest BCUT2D eigenvalue weighted by Gasteiger charge is 2.25. The van der Waals surface area contributed by atoms with E-state index in [0.29, 0.717) is 12.2 Å². The summed E-state index contributed by atoms with van der Waals surface area (Å²) in [4.78, 5) is 12.9. The van der Waals surface area contributed by atoms with Crippen molar-refractivity contribution in [2.45, 2.75) is 35.6 Å². The predicted octanol–water partition coefficient (Wildman–Crippen LogP) is 2.38. The Kier molecular flexibility index (Phi) is 9.54. The van der Waals surface area contributed by atoms with Gasteiger partial charge in [0.25, 0.3) is 0 Å². The van der Waals surface area contributed by atoms with E-state index >= 15 is 0 Å². The van der Waals surface area contributed by atoms with Crippen molar-refractivity contribution in [2.24, 2.45) is 0 Å². The van der Waals surface area contributed by atoms with E-state index in [1.54, 1.807) is 30.3 Å². The molecule has 0 aliphatic heterocycles. The van der Waals surface area contributed by atoms with Gasteiger partial charge in [0.1, 0.15) is 6.04 Å². The summed E-state index contributed by atoms with van der Waals surface area (Å²) in [6.07, 6.45) is 2.42. The maximum Gasteiger partial charge on any atom is 0.241 e. The average molecular weight is 485 g/mol. The number of carbonyl (C=O) groups excluding carboxylic acids is 1. The number of sulfone groups is 1. The van der Waals surface area contributed by atoms with Crippen LogP contribution in [0.25, 0.3) is 0 Å². The number of rotatable bonds is 12. The molecule has 0 saturated carbocycles. The van der Waals surface area contributed by atoms with Gasteiger partial charge >= 0.3 is 0 Å². The number of hydrogen-bond acceptors (Lipinski definition) is 6. The molecule has 0 heterocycles. The quantitative estimate of drug-likeness (QED) is 0.448. The van der Waals surface area contributed by atoms with Gasteiger partial charge < -0.3 is 5.32 Å². The molecule has 2 aromatic rings. The van der Waals surface area contributed by atoms with Crippen molar-refractivity contribution in [1.82, 2.24) is 10.0 Å². The first kappa shape index (κ1) is 25.4. The van der Waals surface area contributed by atoms with Crippen LogP contribution >= 0.6 is 11.8 Å². The van der Waals surface area contributed by atoms with Gasteiger partial charge in [-0.1, -0.05) is 35.9 Å². The van der Waals surface area contributed by atoms with Crippen molar-refractivity contribution in [3.8, 4) is 0 Å². The third-order valence-electron chi connectivity index (χ3n) is 4.55. The Morgan fingerprint density at radius 1 is 0.968 bits per heavy atom. The minimum atomic E-state index is -3.86. The smallest absolute Gasteiger partial charge is 0.241 e. The van der Waals surface area contributed by atoms with E-state index in [9.17, 15) is 21.6 Å². The van der Waals surface area contributed by atoms with Crippen LogP contribution in [-0.4, -0.2) is 53.1 Å². The summed E-state index contributed by atoms with van der Waals surface area (Å²) < 4.78 is 52.4. The Balaban J connectivity index is 1.95. The first-order valence-corrected chi connectivity index (χ1v) is 14.3. The van der Waals surface area contributed by atoms with E-state index in [-0.39, 0.29) is 28.5 Å². The topological polar surface area (TPSA) is 109 Å². The number of sulfonamides is 1. The second kappa shape index (κ2) is 11.7. The van der Waals surface area contributed by atoms with Crippen LogP contribution in [0.2, 0.25) is 0 Å². The van der Waals surface area contributed by atoms with Crippen molar-refractivity contribution in [2.75, 3.05) is 24.3 Å². The Hall–Kier alpha value is -1.88. The number of nitrogens with one attached hydrogen (secondary N) is 2. The first-order chi connectivity index (χ1) is 14.7. The summed E-state index contributed by atoms with van der Waals surface area (Å²) in [5.41, 5.74) is 0.932. The lowest BCUT2D eigenvalue weighted by atomic mass is 10.2. The molecular weight excluding hydrogens is 456 g/mol. The fourth-order valence-electron chi connectivity index (χ4n) is 2.79. The van der Waals surface area contributed by atoms with E-state index in [0.717, 1.165) is 5.56 Å². The molecule has 2 aromatic carbocycles. The highest BCUT2D eigenvalue weighted by Crippen LogP contribution is 2.13. The summed E-state index contributed by atoms with van der Waals surface area (Å²) in [6, 6.07) is 13.6. The third-order valence-corrected chi connectivity index (χ3v) is 8.50. The van der Waals surface area contributed by atoms with Gasteiger partial charge in [0.05, 0.1) is 15.5 Å². The number of aryl methyl sites for hydroxylation is 1. The van der Waals surface area contributed by atoms with Gasteiger partial charge in [0.15, 0.2) is 9.84 Å². The van der Waals surface area contributed by atoms with Gasteiger partial charge in [-0.2, -0.15) is 16.5 Å². The molecule has 2 rings (SSSR count). The van der Waals surface area contributed by atoms with Gasteiger partial charge in [0, 0.05) is 6.54 Å². The van der Waals surface area contributed by atoms with Crippen molar-refractivity contribution in [3.63, 3.8) is 0 Å². The number of amides is 1. The molecular formula is C21H28N2O5S3. The minimum absolute atomic E-state index is 0.0917. The van der Waals surface area contributed by atoms with Crippen LogP contribution in [0.5, 0.6) is 0 Å². The SMILES string of the molecule is CSCCC(NS(=O)(=O)c1ccc(C)cc1)C(=O)NCCCS(=O)(=O)c1ccccc1. The van der Waals surface area contributed by atoms with Crippen LogP contribution in [0.4, 0.5) is 0 Å². The van der Waals surface area contributed by atoms with Crippen LogP contribution < -0.4 is 10.0 Å². The Morgan fingerprint density at radius 2 is 1.61 bits per heavy atom. The van der Waals surface area contributed by atoms with Crippen molar-refractivity contribution in [1.29, 1.82) is 0 Å². The summed E-state index contributed by atoms with van der Waals surface area (Å²) in [6.45, 7) is 1.99. The molecule has 0 bridgehead atoms. The van der Waals surface area contributed by atoms with Crippen molar-refractivity contribution >= 4 is 37.5 Å². The molecule has 0 fully saturated rings. The molecule has 7 nitrogen and oxygen atoms in total. The van der Waals surface area contributed by atoms with E-state index in [4.69, 9.17) is 0 Å². The molecule has 0 spiro atoms. The summed E-state index contributed by atoms with van der Waals surface area (Å²) >= 11 is 1.51. The number of benzene rings is 2. The van der Waals surface area contributed by atoms with E-state index in [1.807, 2.05) is 13.2 Å². The van der Waals surface area contributed by atoms with Gasteiger partial charge in [-0.15, -0.1) is 0 Å². The Labute approximate surface area is 189 Å². The zero-order valence-electron chi connectivity index (χ0n) is 17.6. The largest absolute Gasteiger partial charge is 0.355 e. The number of carbonyl (C=O) groups is 1. The molecule has 0 saturated heterocycles. The van der Waals surface area contributed by atoms with E-state index in [2.05, 4.69) is 10.0 Å². The van der Waals surface area contributed by atoms with E-state index in [1.165, 1.54) is 36.0 Å². The van der Waals surface area contributed by atoms with Gasteiger partial charge in [0.2, 0.25) is 15.9 Å². The summed E-state index contributed by atoms with van der Waals surface area (Å²) in [5.74, 6) is 0.0144. The molecule has 0 aromatic heterocycles. The van der Waals surface area contributed by atoms with Crippen molar-refractivity contribution in [3.05, 3.63) is 60.2 Å². The number of thioether (sulfide) groups is 1. The molecule has 10 heteroatoms. The third kappa shape index (κ3) is 7.95. The maximum absolute atomic E-state index is 12.7. The number of hydrogen-bond donors (Lipinski definition) is 2. The van der Waals surface area contributed by atoms with Crippen LogP contribution in [-0.2, 0) is 24.7 Å². The standard InChI is InChI=1S/C21H28N2O5S3/c1-17-9-11-19(12-10-17)31(27,28)23-20(13-15-29-2)21(24)22-14-6-16-30(25,26)18-7-4-3-5-8-18/h3-5,7-12,20,23H,6,13-16H2,1-2H3,(H,22,24). The van der Waals surface area contributed by atoms with Crippen molar-refractivity contribution < 1.29 is 21.6 Å². The highest BCUT2D eigenvalue weighted by molar-refractivity contribution is 7.98. The van der Waals surface area contributed by atoms with Crippen LogP contribution in [0, 0.1) is 6.92 Å². The van der Waals surface area contributed by atoms with Crippen LogP contribution in [0.3, 0.4) is 0 Å². The van der Waals surface area contributed by atoms with Gasteiger partial charge in [-0.25, -0.2) is 16.8 Å². The van der Waals surface area contributed by atoms with Crippen LogP contribution in [0.1, 0.15) is 18.4 Å². The van der Waals surface area contributed by atoms with Gasteiger partial charge in [-0.3, -0.25) is 4.79 Å². The molecule has 2 N–H and O–H groups in total. The fourth-order valence-corrected chi connectivity index (χ4v) is 5.83. The lowest BCUT2D eigenvalue weighted by molar-refractivity contribution is -0.122. The molecule has 0 aliphatic carbocycles. The predicted molar refractivity (Wildman–Crippen MR) is 124 cm³/mol. The monoisotopic (exact) mass is 484 g/mol. The van der Waals surface area contributed by atoms with Crippen LogP contribution in [0.15, 0.2) is 64.4 Å². The molecule has 1 amide bonds. The average Bonchev–Trinajstić information content (AvgIpc) is 2.75. The summed E-state index contributed by atoms with van der Waals surface area (Å²) in [5, 5.41) is 2.66. The van der Waals surface area contributed by atoms with Gasteiger partial charge in [-0.05, 0) is 56.0 Å². The Bertz CT molecular complexity index is 1050. The van der Waals surface area contributed by atoms with E-state index < -0.39 is 31.8 Å². The summed E-state index contributed by atoms with van der Waals surface area (Å²) in [7, 11) is -7.28. The molecule has 31 heavy (non-hydrogen) atoms. The normalized spacial score (nSPS) is 13.0. The highest BCUT2D eigenvalue weighted by atomic mass is 32.2. The lowest BCUT2D eigenvalue weighted by Gasteiger charge is -2.18. The minimum Gasteiger partial charge on any atom is -0.355 e. The fraction of sp³-hybridized carbons (Fsp3) is 0.381. The molecule has 0 radical (unpaired) electrons. The molecule has 0 aliphatic rings. The molecule has 1 atom stereocenters. The second-order valence-corrected chi connectivity index (χ2v) is 11.9. The zero-order chi connectivity index (χ0) is 22.9.